The topological polar surface area (TPSA) is 62.4 Å². The fraction of sp³-hybridized carbons (Fsp3) is 0.500. The molecule has 0 bridgehead atoms. The Kier molecular flexibility index (Phi) is 4.35. The Bertz CT molecular complexity index is 261. The second-order valence-electron chi connectivity index (χ2n) is 3.02. The van der Waals surface area contributed by atoms with E-state index < -0.39 is 0 Å². The third-order valence-electron chi connectivity index (χ3n) is 2.14. The van der Waals surface area contributed by atoms with E-state index >= 15 is 0 Å². The van der Waals surface area contributed by atoms with Crippen molar-refractivity contribution in [2.24, 2.45) is 5.73 Å². The minimum Gasteiger partial charge on any atom is -0.395 e. The van der Waals surface area contributed by atoms with Crippen molar-refractivity contribution in [3.05, 3.63) is 24.0 Å². The summed E-state index contributed by atoms with van der Waals surface area (Å²) in [6.07, 6.45) is 1.79. The molecule has 1 aromatic rings. The van der Waals surface area contributed by atoms with Gasteiger partial charge in [-0.25, -0.2) is 0 Å². The first-order valence-electron chi connectivity index (χ1n) is 4.82. The fourth-order valence-corrected chi connectivity index (χ4v) is 1.31. The van der Waals surface area contributed by atoms with Crippen LogP contribution in [-0.2, 0) is 6.54 Å². The molecule has 0 radical (unpaired) electrons. The third-order valence-corrected chi connectivity index (χ3v) is 2.14. The zero-order valence-electron chi connectivity index (χ0n) is 8.48. The molecule has 0 fully saturated rings. The lowest BCUT2D eigenvalue weighted by atomic mass is 10.3. The molecule has 0 atom stereocenters. The van der Waals surface area contributed by atoms with Crippen LogP contribution in [0.4, 0.5) is 5.69 Å². The van der Waals surface area contributed by atoms with Crippen LogP contribution in [0.1, 0.15) is 12.6 Å². The van der Waals surface area contributed by atoms with Crippen molar-refractivity contribution in [2.45, 2.75) is 13.5 Å². The summed E-state index contributed by atoms with van der Waals surface area (Å²) in [6, 6.07) is 3.89. The molecule has 78 valence electrons. The molecule has 1 rings (SSSR count). The quantitative estimate of drug-likeness (QED) is 0.712. The summed E-state index contributed by atoms with van der Waals surface area (Å²) in [7, 11) is 0. The van der Waals surface area contributed by atoms with Gasteiger partial charge in [-0.15, -0.1) is 0 Å². The number of hydrogen-bond acceptors (Lipinski definition) is 4. The molecule has 4 nitrogen and oxygen atoms in total. The van der Waals surface area contributed by atoms with E-state index in [1.807, 2.05) is 19.1 Å². The van der Waals surface area contributed by atoms with Crippen molar-refractivity contribution in [3.63, 3.8) is 0 Å². The van der Waals surface area contributed by atoms with E-state index in [0.717, 1.165) is 17.9 Å². The molecule has 0 saturated heterocycles. The Balaban J connectivity index is 2.73. The van der Waals surface area contributed by atoms with Crippen LogP contribution in [0.5, 0.6) is 0 Å². The van der Waals surface area contributed by atoms with Gasteiger partial charge in [0, 0.05) is 19.6 Å². The summed E-state index contributed by atoms with van der Waals surface area (Å²) < 4.78 is 0. The standard InChI is InChI=1S/C10H17N3O/c1-2-13(5-6-14)10-4-3-9(7-11)12-8-10/h3-4,8,14H,2,5-7,11H2,1H3. The third kappa shape index (κ3) is 2.68. The SMILES string of the molecule is CCN(CCO)c1ccc(CN)nc1. The molecule has 0 amide bonds. The van der Waals surface area contributed by atoms with Crippen LogP contribution < -0.4 is 10.6 Å². The lowest BCUT2D eigenvalue weighted by molar-refractivity contribution is 0.302. The van der Waals surface area contributed by atoms with Crippen molar-refractivity contribution in [2.75, 3.05) is 24.6 Å². The van der Waals surface area contributed by atoms with Gasteiger partial charge < -0.3 is 15.7 Å². The van der Waals surface area contributed by atoms with Gasteiger partial charge in [-0.1, -0.05) is 0 Å². The predicted molar refractivity (Wildman–Crippen MR) is 57.1 cm³/mol. The van der Waals surface area contributed by atoms with Crippen molar-refractivity contribution in [3.8, 4) is 0 Å². The lowest BCUT2D eigenvalue weighted by Gasteiger charge is -2.21. The number of pyridine rings is 1. The molecule has 0 unspecified atom stereocenters. The van der Waals surface area contributed by atoms with Crippen LogP contribution in [0, 0.1) is 0 Å². The molecule has 1 heterocycles. The number of aromatic nitrogens is 1. The molecular weight excluding hydrogens is 178 g/mol. The Morgan fingerprint density at radius 3 is 2.71 bits per heavy atom. The smallest absolute Gasteiger partial charge is 0.0606 e. The molecule has 0 aliphatic carbocycles. The average Bonchev–Trinajstić information content (AvgIpc) is 2.26. The largest absolute Gasteiger partial charge is 0.395 e. The summed E-state index contributed by atoms with van der Waals surface area (Å²) >= 11 is 0. The van der Waals surface area contributed by atoms with E-state index in [1.165, 1.54) is 0 Å². The van der Waals surface area contributed by atoms with E-state index in [1.54, 1.807) is 6.20 Å². The van der Waals surface area contributed by atoms with Crippen molar-refractivity contribution < 1.29 is 5.11 Å². The maximum Gasteiger partial charge on any atom is 0.0606 e. The molecule has 0 aliphatic rings. The highest BCUT2D eigenvalue weighted by atomic mass is 16.3. The number of nitrogens with zero attached hydrogens (tertiary/aromatic N) is 2. The second-order valence-corrected chi connectivity index (χ2v) is 3.02. The van der Waals surface area contributed by atoms with Crippen molar-refractivity contribution in [1.82, 2.24) is 4.98 Å². The molecule has 3 N–H and O–H groups in total. The molecule has 0 aliphatic heterocycles. The van der Waals surface area contributed by atoms with E-state index in [4.69, 9.17) is 10.8 Å². The van der Waals surface area contributed by atoms with Crippen LogP contribution in [-0.4, -0.2) is 29.8 Å². The van der Waals surface area contributed by atoms with Crippen LogP contribution in [0.15, 0.2) is 18.3 Å². The summed E-state index contributed by atoms with van der Waals surface area (Å²) in [5.74, 6) is 0. The van der Waals surface area contributed by atoms with E-state index in [2.05, 4.69) is 9.88 Å². The molecule has 0 aromatic carbocycles. The summed E-state index contributed by atoms with van der Waals surface area (Å²) in [6.45, 7) is 4.18. The first-order chi connectivity index (χ1) is 6.81. The van der Waals surface area contributed by atoms with Gasteiger partial charge in [0.25, 0.3) is 0 Å². The first-order valence-corrected chi connectivity index (χ1v) is 4.82. The number of hydrogen-bond donors (Lipinski definition) is 2. The average molecular weight is 195 g/mol. The number of nitrogens with two attached hydrogens (primary N) is 1. The second kappa shape index (κ2) is 5.57. The van der Waals surface area contributed by atoms with E-state index in [9.17, 15) is 0 Å². The normalized spacial score (nSPS) is 10.2. The maximum absolute atomic E-state index is 8.85. The summed E-state index contributed by atoms with van der Waals surface area (Å²) in [5.41, 5.74) is 7.36. The molecule has 14 heavy (non-hydrogen) atoms. The molecule has 0 spiro atoms. The molecule has 1 aromatic heterocycles. The maximum atomic E-state index is 8.85. The van der Waals surface area contributed by atoms with Gasteiger partial charge >= 0.3 is 0 Å². The van der Waals surface area contributed by atoms with Gasteiger partial charge in [-0.05, 0) is 19.1 Å². The Labute approximate surface area is 84.4 Å². The highest BCUT2D eigenvalue weighted by Gasteiger charge is 2.02. The first kappa shape index (κ1) is 10.9. The molecule has 0 saturated carbocycles. The number of anilines is 1. The minimum atomic E-state index is 0.159. The minimum absolute atomic E-state index is 0.159. The van der Waals surface area contributed by atoms with Gasteiger partial charge in [-0.2, -0.15) is 0 Å². The van der Waals surface area contributed by atoms with Gasteiger partial charge in [0.1, 0.15) is 0 Å². The number of likely N-dealkylation sites (N-methyl/N-ethyl adjacent to an activating group) is 1. The summed E-state index contributed by atoms with van der Waals surface area (Å²) in [4.78, 5) is 6.26. The number of aliphatic hydroxyl groups is 1. The van der Waals surface area contributed by atoms with E-state index in [-0.39, 0.29) is 6.61 Å². The predicted octanol–water partition coefficient (Wildman–Crippen LogP) is 0.359. The van der Waals surface area contributed by atoms with Gasteiger partial charge in [0.05, 0.1) is 24.2 Å². The summed E-state index contributed by atoms with van der Waals surface area (Å²) in [5, 5.41) is 8.85. The Morgan fingerprint density at radius 1 is 1.50 bits per heavy atom. The van der Waals surface area contributed by atoms with Gasteiger partial charge in [0.15, 0.2) is 0 Å². The molecule has 4 heteroatoms. The Hall–Kier alpha value is -1.13. The lowest BCUT2D eigenvalue weighted by Crippen LogP contribution is -2.26. The van der Waals surface area contributed by atoms with E-state index in [0.29, 0.717) is 13.1 Å². The van der Waals surface area contributed by atoms with Crippen LogP contribution in [0.3, 0.4) is 0 Å². The van der Waals surface area contributed by atoms with Crippen LogP contribution in [0.25, 0.3) is 0 Å². The number of rotatable bonds is 5. The zero-order valence-corrected chi connectivity index (χ0v) is 8.48. The number of aliphatic hydroxyl groups excluding tert-OH is 1. The highest BCUT2D eigenvalue weighted by molar-refractivity contribution is 5.44. The fourth-order valence-electron chi connectivity index (χ4n) is 1.31. The van der Waals surface area contributed by atoms with Crippen LogP contribution in [0.2, 0.25) is 0 Å². The zero-order chi connectivity index (χ0) is 10.4. The van der Waals surface area contributed by atoms with Crippen molar-refractivity contribution in [1.29, 1.82) is 0 Å². The van der Waals surface area contributed by atoms with Crippen LogP contribution >= 0.6 is 0 Å². The van der Waals surface area contributed by atoms with Gasteiger partial charge in [-0.3, -0.25) is 4.98 Å². The highest BCUT2D eigenvalue weighted by Crippen LogP contribution is 2.11. The molecular formula is C10H17N3O. The van der Waals surface area contributed by atoms with Gasteiger partial charge in [0.2, 0.25) is 0 Å². The monoisotopic (exact) mass is 195 g/mol. The van der Waals surface area contributed by atoms with Crippen molar-refractivity contribution >= 4 is 5.69 Å². The Morgan fingerprint density at radius 2 is 2.29 bits per heavy atom.